The molecule has 1 aromatic rings. The second kappa shape index (κ2) is 5.37. The number of pyridine rings is 1. The van der Waals surface area contributed by atoms with Crippen molar-refractivity contribution in [2.75, 3.05) is 18.8 Å². The first-order valence-electron chi connectivity index (χ1n) is 5.12. The van der Waals surface area contributed by atoms with E-state index in [2.05, 4.69) is 16.4 Å². The minimum absolute atomic E-state index is 0.886. The topological polar surface area (TPSA) is 24.9 Å². The average Bonchev–Trinajstić information content (AvgIpc) is 2.72. The summed E-state index contributed by atoms with van der Waals surface area (Å²) in [5.41, 5.74) is 1.34. The van der Waals surface area contributed by atoms with Crippen LogP contribution in [0.15, 0.2) is 24.5 Å². The first kappa shape index (κ1) is 9.99. The highest BCUT2D eigenvalue weighted by Gasteiger charge is 2.13. The molecule has 1 atom stereocenters. The molecule has 3 heteroatoms. The van der Waals surface area contributed by atoms with Crippen LogP contribution in [0.3, 0.4) is 0 Å². The zero-order valence-corrected chi connectivity index (χ0v) is 9.09. The number of hydrogen-bond donors (Lipinski definition) is 1. The first-order chi connectivity index (χ1) is 6.95. The Balaban J connectivity index is 1.67. The normalized spacial score (nSPS) is 21.3. The number of hydrogen-bond acceptors (Lipinski definition) is 3. The van der Waals surface area contributed by atoms with E-state index in [-0.39, 0.29) is 0 Å². The van der Waals surface area contributed by atoms with Crippen molar-refractivity contribution in [3.8, 4) is 0 Å². The van der Waals surface area contributed by atoms with Gasteiger partial charge in [-0.1, -0.05) is 6.07 Å². The maximum Gasteiger partial charge on any atom is 0.0308 e. The van der Waals surface area contributed by atoms with E-state index >= 15 is 0 Å². The predicted molar refractivity (Wildman–Crippen MR) is 61.4 cm³/mol. The van der Waals surface area contributed by atoms with Gasteiger partial charge in [0.1, 0.15) is 0 Å². The molecule has 76 valence electrons. The van der Waals surface area contributed by atoms with Gasteiger partial charge in [-0.15, -0.1) is 0 Å². The van der Waals surface area contributed by atoms with Crippen molar-refractivity contribution >= 4 is 11.8 Å². The Morgan fingerprint density at radius 3 is 3.29 bits per heavy atom. The molecule has 0 amide bonds. The average molecular weight is 208 g/mol. The van der Waals surface area contributed by atoms with E-state index in [0.29, 0.717) is 0 Å². The third kappa shape index (κ3) is 3.00. The SMILES string of the molecule is c1cncc(CSC[C@@H]2CCNC2)c1. The third-order valence-corrected chi connectivity index (χ3v) is 3.75. The molecule has 0 bridgehead atoms. The maximum absolute atomic E-state index is 4.11. The van der Waals surface area contributed by atoms with E-state index in [1.54, 1.807) is 0 Å². The van der Waals surface area contributed by atoms with E-state index in [4.69, 9.17) is 0 Å². The molecule has 1 N–H and O–H groups in total. The lowest BCUT2D eigenvalue weighted by Gasteiger charge is -2.06. The highest BCUT2D eigenvalue weighted by Crippen LogP contribution is 2.18. The molecule has 0 saturated carbocycles. The van der Waals surface area contributed by atoms with E-state index in [0.717, 1.165) is 11.7 Å². The first-order valence-corrected chi connectivity index (χ1v) is 6.28. The lowest BCUT2D eigenvalue weighted by molar-refractivity contribution is 0.662. The Kier molecular flexibility index (Phi) is 3.83. The second-order valence-electron chi connectivity index (χ2n) is 3.74. The molecule has 1 aliphatic heterocycles. The summed E-state index contributed by atoms with van der Waals surface area (Å²) < 4.78 is 0. The molecule has 1 saturated heterocycles. The fraction of sp³-hybridized carbons (Fsp3) is 0.545. The minimum atomic E-state index is 0.886. The van der Waals surface area contributed by atoms with Crippen LogP contribution in [0, 0.1) is 5.92 Å². The van der Waals surface area contributed by atoms with Gasteiger partial charge in [0.05, 0.1) is 0 Å². The third-order valence-electron chi connectivity index (χ3n) is 2.51. The van der Waals surface area contributed by atoms with Crippen LogP contribution < -0.4 is 5.32 Å². The van der Waals surface area contributed by atoms with Gasteiger partial charge < -0.3 is 5.32 Å². The van der Waals surface area contributed by atoms with Crippen molar-refractivity contribution in [2.45, 2.75) is 12.2 Å². The number of aromatic nitrogens is 1. The summed E-state index contributed by atoms with van der Waals surface area (Å²) in [6.45, 7) is 2.41. The molecule has 2 nitrogen and oxygen atoms in total. The van der Waals surface area contributed by atoms with Crippen LogP contribution in [-0.2, 0) is 5.75 Å². The Hall–Kier alpha value is -0.540. The van der Waals surface area contributed by atoms with E-state index in [9.17, 15) is 0 Å². The molecule has 0 unspecified atom stereocenters. The lowest BCUT2D eigenvalue weighted by Crippen LogP contribution is -2.10. The maximum atomic E-state index is 4.11. The Morgan fingerprint density at radius 2 is 2.57 bits per heavy atom. The van der Waals surface area contributed by atoms with Gasteiger partial charge in [-0.25, -0.2) is 0 Å². The van der Waals surface area contributed by atoms with Gasteiger partial charge in [-0.2, -0.15) is 11.8 Å². The van der Waals surface area contributed by atoms with Gasteiger partial charge in [0, 0.05) is 18.1 Å². The number of nitrogens with one attached hydrogen (secondary N) is 1. The highest BCUT2D eigenvalue weighted by molar-refractivity contribution is 7.98. The van der Waals surface area contributed by atoms with E-state index in [1.807, 2.05) is 30.2 Å². The Labute approximate surface area is 89.5 Å². The molecular formula is C11H16N2S. The molecular weight excluding hydrogens is 192 g/mol. The molecule has 1 aliphatic rings. The van der Waals surface area contributed by atoms with Gasteiger partial charge in [0.2, 0.25) is 0 Å². The summed E-state index contributed by atoms with van der Waals surface area (Å²) in [5, 5.41) is 3.40. The number of rotatable bonds is 4. The van der Waals surface area contributed by atoms with Gasteiger partial charge in [0.15, 0.2) is 0 Å². The van der Waals surface area contributed by atoms with Gasteiger partial charge in [-0.05, 0) is 42.8 Å². The summed E-state index contributed by atoms with van der Waals surface area (Å²) in [6, 6.07) is 4.15. The fourth-order valence-corrected chi connectivity index (χ4v) is 2.83. The van der Waals surface area contributed by atoms with Crippen molar-refractivity contribution in [3.63, 3.8) is 0 Å². The van der Waals surface area contributed by atoms with E-state index < -0.39 is 0 Å². The molecule has 2 rings (SSSR count). The fourth-order valence-electron chi connectivity index (χ4n) is 1.68. The number of thioether (sulfide) groups is 1. The van der Waals surface area contributed by atoms with Crippen molar-refractivity contribution < 1.29 is 0 Å². The highest BCUT2D eigenvalue weighted by atomic mass is 32.2. The summed E-state index contributed by atoms with van der Waals surface area (Å²) in [7, 11) is 0. The van der Waals surface area contributed by atoms with Crippen molar-refractivity contribution in [1.29, 1.82) is 0 Å². The van der Waals surface area contributed by atoms with Crippen LogP contribution in [0.5, 0.6) is 0 Å². The zero-order valence-electron chi connectivity index (χ0n) is 8.28. The summed E-state index contributed by atoms with van der Waals surface area (Å²) in [4.78, 5) is 4.11. The Morgan fingerprint density at radius 1 is 1.57 bits per heavy atom. The molecule has 0 spiro atoms. The number of nitrogens with zero attached hydrogens (tertiary/aromatic N) is 1. The molecule has 1 fully saturated rings. The quantitative estimate of drug-likeness (QED) is 0.818. The van der Waals surface area contributed by atoms with Crippen LogP contribution in [-0.4, -0.2) is 23.8 Å². The molecule has 14 heavy (non-hydrogen) atoms. The predicted octanol–water partition coefficient (Wildman–Crippen LogP) is 1.92. The largest absolute Gasteiger partial charge is 0.316 e. The molecule has 0 aromatic carbocycles. The standard InChI is InChI=1S/C11H16N2S/c1-2-10(6-12-4-1)8-14-9-11-3-5-13-7-11/h1-2,4,6,11,13H,3,5,7-9H2/t11-/m1/s1. The summed E-state index contributed by atoms with van der Waals surface area (Å²) in [6.07, 6.45) is 5.13. The van der Waals surface area contributed by atoms with Crippen LogP contribution in [0.4, 0.5) is 0 Å². The van der Waals surface area contributed by atoms with E-state index in [1.165, 1.54) is 30.8 Å². The zero-order chi connectivity index (χ0) is 9.64. The molecule has 0 aliphatic carbocycles. The van der Waals surface area contributed by atoms with Gasteiger partial charge in [0.25, 0.3) is 0 Å². The van der Waals surface area contributed by atoms with Crippen LogP contribution >= 0.6 is 11.8 Å². The molecule has 1 aromatic heterocycles. The van der Waals surface area contributed by atoms with Crippen LogP contribution in [0.2, 0.25) is 0 Å². The smallest absolute Gasteiger partial charge is 0.0308 e. The van der Waals surface area contributed by atoms with Crippen LogP contribution in [0.1, 0.15) is 12.0 Å². The van der Waals surface area contributed by atoms with Crippen molar-refractivity contribution in [1.82, 2.24) is 10.3 Å². The van der Waals surface area contributed by atoms with Gasteiger partial charge >= 0.3 is 0 Å². The Bertz CT molecular complexity index is 257. The second-order valence-corrected chi connectivity index (χ2v) is 4.77. The lowest BCUT2D eigenvalue weighted by atomic mass is 10.2. The summed E-state index contributed by atoms with van der Waals surface area (Å²) >= 11 is 2.02. The van der Waals surface area contributed by atoms with Gasteiger partial charge in [-0.3, -0.25) is 4.98 Å². The summed E-state index contributed by atoms with van der Waals surface area (Å²) in [5.74, 6) is 3.27. The monoisotopic (exact) mass is 208 g/mol. The van der Waals surface area contributed by atoms with Crippen molar-refractivity contribution in [3.05, 3.63) is 30.1 Å². The molecule has 2 heterocycles. The van der Waals surface area contributed by atoms with Crippen LogP contribution in [0.25, 0.3) is 0 Å². The minimum Gasteiger partial charge on any atom is -0.316 e. The van der Waals surface area contributed by atoms with Crippen molar-refractivity contribution in [2.24, 2.45) is 5.92 Å². The molecule has 0 radical (unpaired) electrons.